The van der Waals surface area contributed by atoms with Crippen molar-refractivity contribution in [2.75, 3.05) is 6.54 Å². The molecule has 0 aromatic heterocycles. The van der Waals surface area contributed by atoms with E-state index in [1.165, 1.54) is 25.7 Å². The van der Waals surface area contributed by atoms with Crippen LogP contribution in [0.1, 0.15) is 39.5 Å². The molecule has 3 N–H and O–H groups in total. The Bertz CT molecular complexity index is 227. The van der Waals surface area contributed by atoms with Crippen molar-refractivity contribution >= 4 is 5.96 Å². The molecule has 0 aromatic carbocycles. The van der Waals surface area contributed by atoms with Crippen LogP contribution in [0.2, 0.25) is 0 Å². The highest BCUT2D eigenvalue weighted by atomic mass is 15.1. The molecule has 0 aliphatic heterocycles. The Morgan fingerprint density at radius 2 is 1.80 bits per heavy atom. The standard InChI is InChI=1S/C12H23N3/c1-8(2)15-12(13)14-7-11(9-3-4-9)10-5-6-10/h8-11H,3-7H2,1-2H3,(H3,13,14,15). The monoisotopic (exact) mass is 209 g/mol. The molecule has 0 bridgehead atoms. The van der Waals surface area contributed by atoms with Gasteiger partial charge in [0.05, 0.1) is 0 Å². The van der Waals surface area contributed by atoms with Gasteiger partial charge in [0.15, 0.2) is 5.96 Å². The van der Waals surface area contributed by atoms with Gasteiger partial charge < -0.3 is 11.1 Å². The molecule has 3 nitrogen and oxygen atoms in total. The van der Waals surface area contributed by atoms with Crippen LogP contribution in [0.5, 0.6) is 0 Å². The zero-order chi connectivity index (χ0) is 10.8. The largest absolute Gasteiger partial charge is 0.370 e. The fourth-order valence-electron chi connectivity index (χ4n) is 2.28. The van der Waals surface area contributed by atoms with E-state index in [-0.39, 0.29) is 0 Å². The summed E-state index contributed by atoms with van der Waals surface area (Å²) >= 11 is 0. The first kappa shape index (κ1) is 10.8. The lowest BCUT2D eigenvalue weighted by atomic mass is 9.98. The third-order valence-corrected chi connectivity index (χ3v) is 3.36. The number of nitrogens with zero attached hydrogens (tertiary/aromatic N) is 1. The van der Waals surface area contributed by atoms with E-state index in [2.05, 4.69) is 24.2 Å². The Morgan fingerprint density at radius 1 is 1.27 bits per heavy atom. The van der Waals surface area contributed by atoms with E-state index in [0.29, 0.717) is 12.0 Å². The smallest absolute Gasteiger partial charge is 0.188 e. The molecule has 86 valence electrons. The van der Waals surface area contributed by atoms with Crippen LogP contribution in [0.25, 0.3) is 0 Å². The minimum absolute atomic E-state index is 0.383. The lowest BCUT2D eigenvalue weighted by molar-refractivity contribution is 0.417. The van der Waals surface area contributed by atoms with Gasteiger partial charge in [-0.2, -0.15) is 0 Å². The molecule has 3 heteroatoms. The van der Waals surface area contributed by atoms with Crippen molar-refractivity contribution in [1.82, 2.24) is 5.32 Å². The van der Waals surface area contributed by atoms with Gasteiger partial charge in [0.1, 0.15) is 0 Å². The van der Waals surface area contributed by atoms with Gasteiger partial charge in [-0.3, -0.25) is 4.99 Å². The van der Waals surface area contributed by atoms with E-state index in [4.69, 9.17) is 5.73 Å². The summed E-state index contributed by atoms with van der Waals surface area (Å²) < 4.78 is 0. The van der Waals surface area contributed by atoms with Gasteiger partial charge in [0, 0.05) is 12.6 Å². The lowest BCUT2D eigenvalue weighted by Gasteiger charge is -2.14. The number of aliphatic imine (C=N–C) groups is 1. The van der Waals surface area contributed by atoms with E-state index in [0.717, 1.165) is 24.3 Å². The average molecular weight is 209 g/mol. The Balaban J connectivity index is 1.78. The molecule has 2 aliphatic rings. The van der Waals surface area contributed by atoms with Crippen LogP contribution in [0.4, 0.5) is 0 Å². The molecule has 0 saturated heterocycles. The van der Waals surface area contributed by atoms with Crippen molar-refractivity contribution in [1.29, 1.82) is 0 Å². The molecule has 2 saturated carbocycles. The van der Waals surface area contributed by atoms with Gasteiger partial charge in [-0.25, -0.2) is 0 Å². The summed E-state index contributed by atoms with van der Waals surface area (Å²) in [5.74, 6) is 3.38. The molecular formula is C12H23N3. The van der Waals surface area contributed by atoms with Crippen LogP contribution in [0.15, 0.2) is 4.99 Å². The Morgan fingerprint density at radius 3 is 2.20 bits per heavy atom. The predicted molar refractivity (Wildman–Crippen MR) is 63.7 cm³/mol. The van der Waals surface area contributed by atoms with Crippen molar-refractivity contribution in [2.24, 2.45) is 28.5 Å². The highest BCUT2D eigenvalue weighted by Gasteiger charge is 2.40. The second-order valence-electron chi connectivity index (χ2n) is 5.36. The number of nitrogens with two attached hydrogens (primary N) is 1. The normalized spacial score (nSPS) is 22.5. The van der Waals surface area contributed by atoms with Crippen molar-refractivity contribution in [3.63, 3.8) is 0 Å². The highest BCUT2D eigenvalue weighted by Crippen LogP contribution is 2.49. The van der Waals surface area contributed by atoms with E-state index >= 15 is 0 Å². The average Bonchev–Trinajstić information content (AvgIpc) is 2.99. The Hall–Kier alpha value is -0.730. The second-order valence-corrected chi connectivity index (χ2v) is 5.36. The summed E-state index contributed by atoms with van der Waals surface area (Å²) in [5, 5.41) is 3.14. The maximum atomic E-state index is 5.80. The van der Waals surface area contributed by atoms with Crippen molar-refractivity contribution in [2.45, 2.75) is 45.6 Å². The summed E-state index contributed by atoms with van der Waals surface area (Å²) in [5.41, 5.74) is 5.80. The summed E-state index contributed by atoms with van der Waals surface area (Å²) in [7, 11) is 0. The van der Waals surface area contributed by atoms with Crippen LogP contribution >= 0.6 is 0 Å². The maximum absolute atomic E-state index is 5.80. The number of hydrogen-bond donors (Lipinski definition) is 2. The molecule has 0 unspecified atom stereocenters. The molecule has 0 aromatic rings. The molecule has 15 heavy (non-hydrogen) atoms. The van der Waals surface area contributed by atoms with Crippen LogP contribution < -0.4 is 11.1 Å². The first-order valence-corrected chi connectivity index (χ1v) is 6.23. The Labute approximate surface area is 92.5 Å². The zero-order valence-electron chi connectivity index (χ0n) is 9.87. The molecule has 2 aliphatic carbocycles. The molecule has 0 amide bonds. The van der Waals surface area contributed by atoms with Crippen molar-refractivity contribution in [3.05, 3.63) is 0 Å². The quantitative estimate of drug-likeness (QED) is 0.535. The van der Waals surface area contributed by atoms with E-state index in [9.17, 15) is 0 Å². The van der Waals surface area contributed by atoms with E-state index < -0.39 is 0 Å². The topological polar surface area (TPSA) is 50.4 Å². The molecule has 2 rings (SSSR count). The molecule has 2 fully saturated rings. The maximum Gasteiger partial charge on any atom is 0.188 e. The molecule has 0 radical (unpaired) electrons. The highest BCUT2D eigenvalue weighted by molar-refractivity contribution is 5.78. The van der Waals surface area contributed by atoms with Crippen LogP contribution in [-0.2, 0) is 0 Å². The van der Waals surface area contributed by atoms with Crippen molar-refractivity contribution < 1.29 is 0 Å². The molecule has 0 heterocycles. The van der Waals surface area contributed by atoms with E-state index in [1.54, 1.807) is 0 Å². The second kappa shape index (κ2) is 4.42. The Kier molecular flexibility index (Phi) is 3.17. The SMILES string of the molecule is CC(C)NC(N)=NCC(C1CC1)C1CC1. The summed E-state index contributed by atoms with van der Waals surface area (Å²) in [6.45, 7) is 5.12. The number of guanidine groups is 1. The first-order valence-electron chi connectivity index (χ1n) is 6.23. The zero-order valence-corrected chi connectivity index (χ0v) is 9.87. The fraction of sp³-hybridized carbons (Fsp3) is 0.917. The van der Waals surface area contributed by atoms with Crippen LogP contribution in [0, 0.1) is 17.8 Å². The minimum Gasteiger partial charge on any atom is -0.370 e. The number of nitrogens with one attached hydrogen (secondary N) is 1. The molecular weight excluding hydrogens is 186 g/mol. The van der Waals surface area contributed by atoms with Gasteiger partial charge in [-0.1, -0.05) is 0 Å². The summed E-state index contributed by atoms with van der Waals surface area (Å²) in [6.07, 6.45) is 5.70. The summed E-state index contributed by atoms with van der Waals surface area (Å²) in [6, 6.07) is 0.383. The van der Waals surface area contributed by atoms with E-state index in [1.807, 2.05) is 0 Å². The van der Waals surface area contributed by atoms with Crippen LogP contribution in [-0.4, -0.2) is 18.5 Å². The lowest BCUT2D eigenvalue weighted by Crippen LogP contribution is -2.37. The minimum atomic E-state index is 0.383. The molecule has 0 atom stereocenters. The third kappa shape index (κ3) is 3.40. The van der Waals surface area contributed by atoms with Gasteiger partial charge in [0.25, 0.3) is 0 Å². The van der Waals surface area contributed by atoms with Gasteiger partial charge >= 0.3 is 0 Å². The van der Waals surface area contributed by atoms with Crippen LogP contribution in [0.3, 0.4) is 0 Å². The van der Waals surface area contributed by atoms with Gasteiger partial charge in [0.2, 0.25) is 0 Å². The van der Waals surface area contributed by atoms with Gasteiger partial charge in [-0.05, 0) is 57.3 Å². The number of hydrogen-bond acceptors (Lipinski definition) is 1. The predicted octanol–water partition coefficient (Wildman–Crippen LogP) is 1.74. The number of rotatable bonds is 5. The fourth-order valence-corrected chi connectivity index (χ4v) is 2.28. The summed E-state index contributed by atoms with van der Waals surface area (Å²) in [4.78, 5) is 4.47. The van der Waals surface area contributed by atoms with Crippen molar-refractivity contribution in [3.8, 4) is 0 Å². The first-order chi connectivity index (χ1) is 7.16. The van der Waals surface area contributed by atoms with Gasteiger partial charge in [-0.15, -0.1) is 0 Å². The third-order valence-electron chi connectivity index (χ3n) is 3.36. The molecule has 0 spiro atoms.